The Bertz CT molecular complexity index is 910. The first-order valence-corrected chi connectivity index (χ1v) is 10.2. The molecule has 3 rings (SSSR count). The lowest BCUT2D eigenvalue weighted by molar-refractivity contribution is -0.118. The molecule has 1 fully saturated rings. The molecule has 2 N–H and O–H groups in total. The first-order valence-electron chi connectivity index (χ1n) is 10.2. The Kier molecular flexibility index (Phi) is 7.05. The summed E-state index contributed by atoms with van der Waals surface area (Å²) in [6.45, 7) is 7.93. The largest absolute Gasteiger partial charge is 0.378 e. The second-order valence-corrected chi connectivity index (χ2v) is 7.76. The highest BCUT2D eigenvalue weighted by molar-refractivity contribution is 6.02. The zero-order valence-corrected chi connectivity index (χ0v) is 17.6. The molecule has 1 unspecified atom stereocenters. The van der Waals surface area contributed by atoms with Crippen LogP contribution in [-0.4, -0.2) is 44.2 Å². The zero-order valence-electron chi connectivity index (χ0n) is 17.6. The van der Waals surface area contributed by atoms with Gasteiger partial charge in [-0.1, -0.05) is 32.0 Å². The van der Waals surface area contributed by atoms with Crippen LogP contribution in [0.15, 0.2) is 42.5 Å². The van der Waals surface area contributed by atoms with Crippen LogP contribution in [0.4, 0.5) is 15.8 Å². The number of hydrogen-bond donors (Lipinski definition) is 2. The van der Waals surface area contributed by atoms with Crippen molar-refractivity contribution in [3.05, 3.63) is 59.4 Å². The Hall–Kier alpha value is -2.93. The Morgan fingerprint density at radius 1 is 1.10 bits per heavy atom. The molecule has 0 spiro atoms. The van der Waals surface area contributed by atoms with E-state index in [2.05, 4.69) is 10.6 Å². The van der Waals surface area contributed by atoms with Gasteiger partial charge in [0, 0.05) is 24.3 Å². The fraction of sp³-hybridized carbons (Fsp3) is 0.391. The molecule has 30 heavy (non-hydrogen) atoms. The zero-order chi connectivity index (χ0) is 21.7. The number of amides is 2. The van der Waals surface area contributed by atoms with Crippen molar-refractivity contribution in [2.75, 3.05) is 36.5 Å². The number of morpholine rings is 1. The molecule has 6 nitrogen and oxygen atoms in total. The van der Waals surface area contributed by atoms with Gasteiger partial charge in [-0.15, -0.1) is 0 Å². The van der Waals surface area contributed by atoms with Crippen molar-refractivity contribution >= 4 is 23.2 Å². The molecule has 1 aliphatic rings. The topological polar surface area (TPSA) is 70.7 Å². The third-order valence-corrected chi connectivity index (χ3v) is 5.19. The predicted octanol–water partition coefficient (Wildman–Crippen LogP) is 3.36. The van der Waals surface area contributed by atoms with E-state index in [1.165, 1.54) is 6.07 Å². The first-order chi connectivity index (χ1) is 14.4. The maximum atomic E-state index is 14.6. The minimum Gasteiger partial charge on any atom is -0.378 e. The second kappa shape index (κ2) is 9.71. The van der Waals surface area contributed by atoms with E-state index in [9.17, 15) is 14.0 Å². The molecule has 7 heteroatoms. The van der Waals surface area contributed by atoms with E-state index in [1.54, 1.807) is 24.3 Å². The molecule has 1 atom stereocenters. The van der Waals surface area contributed by atoms with Gasteiger partial charge in [-0.3, -0.25) is 9.59 Å². The predicted molar refractivity (Wildman–Crippen MR) is 115 cm³/mol. The van der Waals surface area contributed by atoms with Crippen molar-refractivity contribution in [3.8, 4) is 0 Å². The molecule has 1 saturated heterocycles. The summed E-state index contributed by atoms with van der Waals surface area (Å²) in [4.78, 5) is 27.4. The van der Waals surface area contributed by atoms with Crippen molar-refractivity contribution < 1.29 is 18.7 Å². The van der Waals surface area contributed by atoms with Gasteiger partial charge in [0.25, 0.3) is 5.91 Å². The Morgan fingerprint density at radius 2 is 1.80 bits per heavy atom. The Morgan fingerprint density at radius 3 is 2.43 bits per heavy atom. The normalized spacial score (nSPS) is 15.0. The van der Waals surface area contributed by atoms with Gasteiger partial charge in [-0.25, -0.2) is 4.39 Å². The van der Waals surface area contributed by atoms with Crippen molar-refractivity contribution in [3.63, 3.8) is 0 Å². The number of nitrogens with one attached hydrogen (secondary N) is 2. The van der Waals surface area contributed by atoms with Crippen LogP contribution in [0, 0.1) is 18.7 Å². The maximum absolute atomic E-state index is 14.6. The highest BCUT2D eigenvalue weighted by Crippen LogP contribution is 2.24. The molecule has 0 saturated carbocycles. The lowest BCUT2D eigenvalue weighted by Gasteiger charge is -2.29. The Labute approximate surface area is 176 Å². The summed E-state index contributed by atoms with van der Waals surface area (Å²) in [5.74, 6) is -1.24. The van der Waals surface area contributed by atoms with Gasteiger partial charge in [-0.05, 0) is 42.7 Å². The smallest absolute Gasteiger partial charge is 0.252 e. The molecule has 0 radical (unpaired) electrons. The summed E-state index contributed by atoms with van der Waals surface area (Å²) in [6.07, 6.45) is 0. The minimum absolute atomic E-state index is 0.143. The first kappa shape index (κ1) is 21.8. The number of nitrogens with zero attached hydrogens (tertiary/aromatic N) is 1. The van der Waals surface area contributed by atoms with E-state index in [0.717, 1.165) is 5.56 Å². The van der Waals surface area contributed by atoms with Crippen molar-refractivity contribution in [1.29, 1.82) is 0 Å². The van der Waals surface area contributed by atoms with Gasteiger partial charge in [0.15, 0.2) is 0 Å². The number of anilines is 2. The van der Waals surface area contributed by atoms with Crippen LogP contribution >= 0.6 is 0 Å². The monoisotopic (exact) mass is 413 g/mol. The molecule has 2 aromatic carbocycles. The number of halogens is 1. The fourth-order valence-electron chi connectivity index (χ4n) is 3.45. The molecule has 1 heterocycles. The number of carbonyl (C=O) groups excluding carboxylic acids is 2. The lowest BCUT2D eigenvalue weighted by Crippen LogP contribution is -2.47. The van der Waals surface area contributed by atoms with Crippen LogP contribution in [-0.2, 0) is 9.53 Å². The van der Waals surface area contributed by atoms with Crippen LogP contribution in [0.3, 0.4) is 0 Å². The van der Waals surface area contributed by atoms with E-state index in [4.69, 9.17) is 4.74 Å². The fourth-order valence-corrected chi connectivity index (χ4v) is 3.45. The maximum Gasteiger partial charge on any atom is 0.252 e. The van der Waals surface area contributed by atoms with Gasteiger partial charge in [0.05, 0.1) is 18.9 Å². The van der Waals surface area contributed by atoms with E-state index >= 15 is 0 Å². The lowest BCUT2D eigenvalue weighted by atomic mass is 10.0. The molecule has 2 aromatic rings. The van der Waals surface area contributed by atoms with E-state index < -0.39 is 11.9 Å². The van der Waals surface area contributed by atoms with Gasteiger partial charge in [-0.2, -0.15) is 0 Å². The standard InChI is InChI=1S/C23H28FN3O3/c1-15(2)21(26-22(28)18-7-5-4-6-16(18)3)23(29)25-17-8-9-20(19(24)14-17)27-10-12-30-13-11-27/h4-9,14-15,21H,10-13H2,1-3H3,(H,25,29)(H,26,28). The van der Waals surface area contributed by atoms with Crippen LogP contribution < -0.4 is 15.5 Å². The van der Waals surface area contributed by atoms with E-state index in [0.29, 0.717) is 43.2 Å². The number of rotatable bonds is 6. The highest BCUT2D eigenvalue weighted by atomic mass is 19.1. The van der Waals surface area contributed by atoms with Crippen LogP contribution in [0.1, 0.15) is 29.8 Å². The number of ether oxygens (including phenoxy) is 1. The van der Waals surface area contributed by atoms with E-state index in [-0.39, 0.29) is 17.7 Å². The van der Waals surface area contributed by atoms with Crippen LogP contribution in [0.5, 0.6) is 0 Å². The van der Waals surface area contributed by atoms with Crippen molar-refractivity contribution in [1.82, 2.24) is 5.32 Å². The minimum atomic E-state index is -0.751. The third-order valence-electron chi connectivity index (χ3n) is 5.19. The molecule has 0 aliphatic carbocycles. The van der Waals surface area contributed by atoms with Gasteiger partial charge >= 0.3 is 0 Å². The summed E-state index contributed by atoms with van der Waals surface area (Å²) < 4.78 is 19.9. The van der Waals surface area contributed by atoms with Crippen molar-refractivity contribution in [2.24, 2.45) is 5.92 Å². The number of aryl methyl sites for hydroxylation is 1. The second-order valence-electron chi connectivity index (χ2n) is 7.76. The quantitative estimate of drug-likeness (QED) is 0.762. The SMILES string of the molecule is Cc1ccccc1C(=O)NC(C(=O)Nc1ccc(N2CCOCC2)c(F)c1)C(C)C. The average Bonchev–Trinajstić information content (AvgIpc) is 2.72. The molecule has 160 valence electrons. The average molecular weight is 413 g/mol. The Balaban J connectivity index is 1.69. The van der Waals surface area contributed by atoms with Gasteiger partial charge < -0.3 is 20.3 Å². The molecular formula is C23H28FN3O3. The van der Waals surface area contributed by atoms with Crippen LogP contribution in [0.25, 0.3) is 0 Å². The molecular weight excluding hydrogens is 385 g/mol. The number of hydrogen-bond acceptors (Lipinski definition) is 4. The molecule has 1 aliphatic heterocycles. The van der Waals surface area contributed by atoms with Gasteiger partial charge in [0.2, 0.25) is 5.91 Å². The number of benzene rings is 2. The molecule has 0 bridgehead atoms. The molecule has 0 aromatic heterocycles. The highest BCUT2D eigenvalue weighted by Gasteiger charge is 2.25. The van der Waals surface area contributed by atoms with Crippen LogP contribution in [0.2, 0.25) is 0 Å². The summed E-state index contributed by atoms with van der Waals surface area (Å²) in [6, 6.07) is 11.1. The summed E-state index contributed by atoms with van der Waals surface area (Å²) in [7, 11) is 0. The van der Waals surface area contributed by atoms with Crippen molar-refractivity contribution in [2.45, 2.75) is 26.8 Å². The summed E-state index contributed by atoms with van der Waals surface area (Å²) in [5, 5.41) is 5.53. The van der Waals surface area contributed by atoms with E-state index in [1.807, 2.05) is 37.8 Å². The van der Waals surface area contributed by atoms with Gasteiger partial charge in [0.1, 0.15) is 11.9 Å². The third kappa shape index (κ3) is 5.16. The summed E-state index contributed by atoms with van der Waals surface area (Å²) >= 11 is 0. The number of carbonyl (C=O) groups is 2. The summed E-state index contributed by atoms with van der Waals surface area (Å²) in [5.41, 5.74) is 2.20. The molecule has 2 amide bonds.